The van der Waals surface area contributed by atoms with Crippen LogP contribution in [-0.2, 0) is 7.05 Å². The molecule has 138 valence electrons. The number of hydrogen-bond acceptors (Lipinski definition) is 3. The lowest BCUT2D eigenvalue weighted by Gasteiger charge is -2.06. The van der Waals surface area contributed by atoms with Gasteiger partial charge in [0.05, 0.1) is 17.3 Å². The van der Waals surface area contributed by atoms with Crippen LogP contribution in [0.5, 0.6) is 11.5 Å². The molecule has 0 fully saturated rings. The molecule has 0 radical (unpaired) electrons. The van der Waals surface area contributed by atoms with Crippen LogP contribution in [0.25, 0.3) is 22.4 Å². The van der Waals surface area contributed by atoms with Gasteiger partial charge in [-0.1, -0.05) is 26.2 Å². The highest BCUT2D eigenvalue weighted by molar-refractivity contribution is 14.1. The van der Waals surface area contributed by atoms with E-state index in [1.807, 2.05) is 48.1 Å². The highest BCUT2D eigenvalue weighted by atomic mass is 127. The first-order valence-electron chi connectivity index (χ1n) is 9.03. The molecule has 0 saturated carbocycles. The highest BCUT2D eigenvalue weighted by Crippen LogP contribution is 2.38. The summed E-state index contributed by atoms with van der Waals surface area (Å²) in [5.74, 6) is 2.58. The fourth-order valence-electron chi connectivity index (χ4n) is 2.97. The Morgan fingerprint density at radius 2 is 1.85 bits per heavy atom. The molecule has 0 aliphatic heterocycles. The maximum absolute atomic E-state index is 6.16. The molecule has 0 atom stereocenters. The molecule has 26 heavy (non-hydrogen) atoms. The van der Waals surface area contributed by atoms with Gasteiger partial charge in [0.25, 0.3) is 0 Å². The highest BCUT2D eigenvalue weighted by Gasteiger charge is 2.23. The monoisotopic (exact) mass is 466 g/mol. The number of benzene rings is 1. The van der Waals surface area contributed by atoms with Gasteiger partial charge in [0.1, 0.15) is 23.9 Å². The van der Waals surface area contributed by atoms with Gasteiger partial charge in [-0.25, -0.2) is 0 Å². The lowest BCUT2D eigenvalue weighted by atomic mass is 10.1. The van der Waals surface area contributed by atoms with Crippen molar-refractivity contribution in [3.63, 3.8) is 0 Å². The zero-order valence-electron chi connectivity index (χ0n) is 15.5. The molecule has 3 aromatic rings. The van der Waals surface area contributed by atoms with Crippen molar-refractivity contribution in [2.24, 2.45) is 7.05 Å². The van der Waals surface area contributed by atoms with E-state index in [9.17, 15) is 0 Å². The lowest BCUT2D eigenvalue weighted by molar-refractivity contribution is -0.651. The van der Waals surface area contributed by atoms with Crippen LogP contribution < -0.4 is 14.0 Å². The molecule has 0 unspecified atom stereocenters. The van der Waals surface area contributed by atoms with Gasteiger partial charge in [-0.15, -0.1) is 0 Å². The lowest BCUT2D eigenvalue weighted by Crippen LogP contribution is -2.27. The number of methoxy groups -OCH3 is 1. The van der Waals surface area contributed by atoms with E-state index < -0.39 is 0 Å². The van der Waals surface area contributed by atoms with Crippen LogP contribution in [-0.4, -0.2) is 13.7 Å². The van der Waals surface area contributed by atoms with E-state index in [0.29, 0.717) is 0 Å². The number of unbranched alkanes of at least 4 members (excludes halogenated alkanes) is 3. The summed E-state index contributed by atoms with van der Waals surface area (Å²) in [4.78, 5) is 0. The SMILES string of the molecule is CCCCCCOc1ccc(-c2oc3c(c(OC)cc[n+]3C)c2I)cc1. The molecule has 0 aliphatic carbocycles. The molecule has 0 aliphatic rings. The first-order chi connectivity index (χ1) is 12.7. The summed E-state index contributed by atoms with van der Waals surface area (Å²) in [5, 5.41) is 1.00. The third-order valence-electron chi connectivity index (χ3n) is 4.45. The predicted molar refractivity (Wildman–Crippen MR) is 112 cm³/mol. The standard InChI is InChI=1S/C21H25INO3/c1-4-5-6-7-14-25-16-10-8-15(9-11-16)20-19(22)18-17(24-3)12-13-23(2)21(18)26-20/h8-13H,4-7,14H2,1-3H3/q+1. The Bertz CT molecular complexity index is 871. The van der Waals surface area contributed by atoms with Crippen LogP contribution in [0.3, 0.4) is 0 Å². The zero-order valence-corrected chi connectivity index (χ0v) is 17.7. The first kappa shape index (κ1) is 19.0. The van der Waals surface area contributed by atoms with Gasteiger partial charge < -0.3 is 13.9 Å². The van der Waals surface area contributed by atoms with Crippen LogP contribution in [0.2, 0.25) is 0 Å². The van der Waals surface area contributed by atoms with Crippen molar-refractivity contribution in [3.05, 3.63) is 40.1 Å². The molecule has 4 nitrogen and oxygen atoms in total. The molecule has 2 aromatic heterocycles. The van der Waals surface area contributed by atoms with Crippen molar-refractivity contribution in [1.29, 1.82) is 0 Å². The smallest absolute Gasteiger partial charge is 0.385 e. The molecule has 0 spiro atoms. The molecule has 0 N–H and O–H groups in total. The van der Waals surface area contributed by atoms with Gasteiger partial charge in [0.2, 0.25) is 0 Å². The molecule has 0 amide bonds. The average Bonchev–Trinajstić information content (AvgIpc) is 3.01. The second kappa shape index (κ2) is 8.75. The van der Waals surface area contributed by atoms with Gasteiger partial charge >= 0.3 is 5.71 Å². The predicted octanol–water partition coefficient (Wildman–Crippen LogP) is 5.50. The number of pyridine rings is 1. The molecular weight excluding hydrogens is 441 g/mol. The van der Waals surface area contributed by atoms with E-state index in [1.165, 1.54) is 19.3 Å². The maximum Gasteiger partial charge on any atom is 0.385 e. The Morgan fingerprint density at radius 1 is 1.08 bits per heavy atom. The second-order valence-corrected chi connectivity index (χ2v) is 7.43. The number of rotatable bonds is 8. The Kier molecular flexibility index (Phi) is 6.40. The molecule has 1 aromatic carbocycles. The first-order valence-corrected chi connectivity index (χ1v) is 10.1. The van der Waals surface area contributed by atoms with Gasteiger partial charge in [0, 0.05) is 11.6 Å². The Morgan fingerprint density at radius 3 is 2.54 bits per heavy atom. The molecular formula is C21H25INO3+. The number of aromatic nitrogens is 1. The van der Waals surface area contributed by atoms with Gasteiger partial charge in [-0.2, -0.15) is 4.57 Å². The summed E-state index contributed by atoms with van der Waals surface area (Å²) in [7, 11) is 3.66. The number of halogens is 1. The van der Waals surface area contributed by atoms with E-state index in [0.717, 1.165) is 50.5 Å². The summed E-state index contributed by atoms with van der Waals surface area (Å²) in [6, 6.07) is 10.1. The third-order valence-corrected chi connectivity index (χ3v) is 5.48. The number of furan rings is 1. The normalized spacial score (nSPS) is 11.1. The van der Waals surface area contributed by atoms with Crippen molar-refractivity contribution in [1.82, 2.24) is 0 Å². The van der Waals surface area contributed by atoms with Crippen molar-refractivity contribution < 1.29 is 18.5 Å². The topological polar surface area (TPSA) is 35.5 Å². The maximum atomic E-state index is 6.16. The summed E-state index contributed by atoms with van der Waals surface area (Å²) >= 11 is 2.33. The van der Waals surface area contributed by atoms with E-state index in [2.05, 4.69) is 29.5 Å². The summed E-state index contributed by atoms with van der Waals surface area (Å²) < 4.78 is 20.5. The Balaban J connectivity index is 1.81. The van der Waals surface area contributed by atoms with Crippen LogP contribution in [0.1, 0.15) is 32.6 Å². The number of ether oxygens (including phenoxy) is 2. The molecule has 3 rings (SSSR count). The number of aryl methyl sites for hydroxylation is 1. The van der Waals surface area contributed by atoms with Gasteiger partial charge in [0.15, 0.2) is 12.0 Å². The van der Waals surface area contributed by atoms with Crippen molar-refractivity contribution in [2.45, 2.75) is 32.6 Å². The largest absolute Gasteiger partial charge is 0.495 e. The molecule has 2 heterocycles. The molecule has 0 bridgehead atoms. The van der Waals surface area contributed by atoms with Crippen molar-refractivity contribution >= 4 is 33.7 Å². The van der Waals surface area contributed by atoms with Crippen molar-refractivity contribution in [2.75, 3.05) is 13.7 Å². The van der Waals surface area contributed by atoms with Crippen LogP contribution >= 0.6 is 22.6 Å². The zero-order chi connectivity index (χ0) is 18.5. The third kappa shape index (κ3) is 3.98. The average molecular weight is 466 g/mol. The fourth-order valence-corrected chi connectivity index (χ4v) is 3.89. The minimum Gasteiger partial charge on any atom is -0.495 e. The Labute approximate surface area is 168 Å². The van der Waals surface area contributed by atoms with Crippen LogP contribution in [0.15, 0.2) is 40.9 Å². The van der Waals surface area contributed by atoms with E-state index in [1.54, 1.807) is 7.11 Å². The molecule has 5 heteroatoms. The summed E-state index contributed by atoms with van der Waals surface area (Å²) in [6.07, 6.45) is 6.79. The van der Waals surface area contributed by atoms with Crippen LogP contribution in [0, 0.1) is 3.57 Å². The number of hydrogen-bond donors (Lipinski definition) is 0. The second-order valence-electron chi connectivity index (χ2n) is 6.35. The number of nitrogens with zero attached hydrogens (tertiary/aromatic N) is 1. The fraction of sp³-hybridized carbons (Fsp3) is 0.381. The number of fused-ring (bicyclic) bond motifs is 1. The Hall–Kier alpha value is -1.76. The quantitative estimate of drug-likeness (QED) is 0.250. The van der Waals surface area contributed by atoms with Gasteiger partial charge in [-0.05, 0) is 53.3 Å². The summed E-state index contributed by atoms with van der Waals surface area (Å²) in [6.45, 7) is 2.99. The minimum absolute atomic E-state index is 0.772. The summed E-state index contributed by atoms with van der Waals surface area (Å²) in [5.41, 5.74) is 1.84. The minimum atomic E-state index is 0.772. The van der Waals surface area contributed by atoms with Crippen LogP contribution in [0.4, 0.5) is 0 Å². The van der Waals surface area contributed by atoms with Gasteiger partial charge in [-0.3, -0.25) is 0 Å². The molecule has 0 saturated heterocycles. The van der Waals surface area contributed by atoms with Crippen molar-refractivity contribution in [3.8, 4) is 22.8 Å². The van der Waals surface area contributed by atoms with E-state index >= 15 is 0 Å². The van der Waals surface area contributed by atoms with E-state index in [-0.39, 0.29) is 0 Å². The van der Waals surface area contributed by atoms with E-state index in [4.69, 9.17) is 13.9 Å².